The summed E-state index contributed by atoms with van der Waals surface area (Å²) in [6.45, 7) is 5.79. The van der Waals surface area contributed by atoms with E-state index in [0.29, 0.717) is 36.4 Å². The van der Waals surface area contributed by atoms with Gasteiger partial charge >= 0.3 is 6.61 Å². The number of nitrogens with zero attached hydrogens (tertiary/aromatic N) is 3. The topological polar surface area (TPSA) is 74.9 Å². The van der Waals surface area contributed by atoms with Gasteiger partial charge in [-0.3, -0.25) is 0 Å². The van der Waals surface area contributed by atoms with Gasteiger partial charge in [-0.15, -0.1) is 0 Å². The molecule has 1 aromatic carbocycles. The highest BCUT2D eigenvalue weighted by Gasteiger charge is 2.26. The van der Waals surface area contributed by atoms with Crippen molar-refractivity contribution in [2.45, 2.75) is 52.3 Å². The number of rotatable bonds is 8. The number of halogens is 2. The maximum atomic E-state index is 12.7. The number of hydrogen-bond donors (Lipinski definition) is 2. The molecule has 1 saturated heterocycles. The van der Waals surface area contributed by atoms with Gasteiger partial charge < -0.3 is 24.8 Å². The van der Waals surface area contributed by atoms with Crippen LogP contribution in [0, 0.1) is 0 Å². The lowest BCUT2D eigenvalue weighted by Crippen LogP contribution is -2.44. The van der Waals surface area contributed by atoms with Crippen LogP contribution in [0.4, 0.5) is 14.5 Å². The van der Waals surface area contributed by atoms with Crippen molar-refractivity contribution in [3.05, 3.63) is 41.8 Å². The Hall–Kier alpha value is -2.84. The summed E-state index contributed by atoms with van der Waals surface area (Å²) in [5, 5.41) is 10.7. The van der Waals surface area contributed by atoms with E-state index in [-0.39, 0.29) is 11.8 Å². The number of aliphatic imine (C=N–C) groups is 1. The molecule has 0 bridgehead atoms. The summed E-state index contributed by atoms with van der Waals surface area (Å²) in [4.78, 5) is 6.64. The molecule has 2 aromatic rings. The van der Waals surface area contributed by atoms with Crippen molar-refractivity contribution >= 4 is 11.6 Å². The standard InChI is InChI=1S/C21H29F2N5O2/c1-4-24-21(25-12-16-11-17(14(2)3)27-30-16)26-15-9-10-28(13-15)18-7-5-6-8-19(18)29-20(22)23/h5-8,11,14-15,20H,4,9-10,12-13H2,1-3H3,(H2,24,25,26). The van der Waals surface area contributed by atoms with Gasteiger partial charge in [-0.05, 0) is 31.4 Å². The number of para-hydroxylation sites is 2. The minimum absolute atomic E-state index is 0.128. The summed E-state index contributed by atoms with van der Waals surface area (Å²) in [5.41, 5.74) is 1.58. The molecule has 1 aliphatic rings. The minimum Gasteiger partial charge on any atom is -0.433 e. The fraction of sp³-hybridized carbons (Fsp3) is 0.524. The Morgan fingerprint density at radius 2 is 2.17 bits per heavy atom. The lowest BCUT2D eigenvalue weighted by molar-refractivity contribution is -0.0495. The molecule has 1 unspecified atom stereocenters. The molecule has 3 rings (SSSR count). The smallest absolute Gasteiger partial charge is 0.387 e. The Kier molecular flexibility index (Phi) is 7.48. The fourth-order valence-electron chi connectivity index (χ4n) is 3.36. The second-order valence-corrected chi connectivity index (χ2v) is 7.49. The average Bonchev–Trinajstić information content (AvgIpc) is 3.36. The number of anilines is 1. The molecule has 2 heterocycles. The van der Waals surface area contributed by atoms with Crippen LogP contribution < -0.4 is 20.3 Å². The van der Waals surface area contributed by atoms with E-state index < -0.39 is 6.61 Å². The van der Waals surface area contributed by atoms with Gasteiger partial charge in [0.05, 0.1) is 11.4 Å². The van der Waals surface area contributed by atoms with Gasteiger partial charge in [0.15, 0.2) is 11.7 Å². The number of aromatic nitrogens is 1. The normalized spacial score (nSPS) is 17.1. The van der Waals surface area contributed by atoms with E-state index in [1.807, 2.05) is 24.0 Å². The Morgan fingerprint density at radius 3 is 2.87 bits per heavy atom. The first-order valence-electron chi connectivity index (χ1n) is 10.2. The average molecular weight is 421 g/mol. The molecule has 0 aliphatic carbocycles. The van der Waals surface area contributed by atoms with Gasteiger partial charge in [0.2, 0.25) is 0 Å². The lowest BCUT2D eigenvalue weighted by atomic mass is 10.1. The summed E-state index contributed by atoms with van der Waals surface area (Å²) in [7, 11) is 0. The van der Waals surface area contributed by atoms with Crippen LogP contribution in [0.3, 0.4) is 0 Å². The highest BCUT2D eigenvalue weighted by Crippen LogP contribution is 2.31. The van der Waals surface area contributed by atoms with Crippen molar-refractivity contribution < 1.29 is 18.0 Å². The molecule has 7 nitrogen and oxygen atoms in total. The van der Waals surface area contributed by atoms with Crippen molar-refractivity contribution in [2.75, 3.05) is 24.5 Å². The second-order valence-electron chi connectivity index (χ2n) is 7.49. The molecule has 9 heteroatoms. The third-order valence-electron chi connectivity index (χ3n) is 4.86. The van der Waals surface area contributed by atoms with Gasteiger partial charge in [0.1, 0.15) is 12.3 Å². The molecular formula is C21H29F2N5O2. The summed E-state index contributed by atoms with van der Waals surface area (Å²) >= 11 is 0. The third kappa shape index (κ3) is 5.84. The second kappa shape index (κ2) is 10.3. The van der Waals surface area contributed by atoms with Crippen LogP contribution in [0.25, 0.3) is 0 Å². The lowest BCUT2D eigenvalue weighted by Gasteiger charge is -2.22. The first kappa shape index (κ1) is 21.9. The van der Waals surface area contributed by atoms with Crippen LogP contribution in [0.5, 0.6) is 5.75 Å². The molecule has 1 aliphatic heterocycles. The first-order chi connectivity index (χ1) is 14.5. The summed E-state index contributed by atoms with van der Waals surface area (Å²) in [6.07, 6.45) is 0.854. The summed E-state index contributed by atoms with van der Waals surface area (Å²) < 4.78 is 35.4. The zero-order valence-corrected chi connectivity index (χ0v) is 17.6. The van der Waals surface area contributed by atoms with E-state index >= 15 is 0 Å². The Balaban J connectivity index is 1.62. The van der Waals surface area contributed by atoms with Crippen LogP contribution in [0.2, 0.25) is 0 Å². The molecule has 1 fully saturated rings. The van der Waals surface area contributed by atoms with E-state index in [1.165, 1.54) is 0 Å². The predicted molar refractivity (Wildman–Crippen MR) is 112 cm³/mol. The van der Waals surface area contributed by atoms with E-state index in [2.05, 4.69) is 39.4 Å². The van der Waals surface area contributed by atoms with Gasteiger partial charge in [-0.1, -0.05) is 31.1 Å². The summed E-state index contributed by atoms with van der Waals surface area (Å²) in [6, 6.07) is 8.93. The van der Waals surface area contributed by atoms with Crippen molar-refractivity contribution in [3.63, 3.8) is 0 Å². The molecule has 1 aromatic heterocycles. The molecule has 2 N–H and O–H groups in total. The maximum absolute atomic E-state index is 12.7. The molecule has 0 radical (unpaired) electrons. The fourth-order valence-corrected chi connectivity index (χ4v) is 3.36. The monoisotopic (exact) mass is 421 g/mol. The first-order valence-corrected chi connectivity index (χ1v) is 10.2. The van der Waals surface area contributed by atoms with Crippen LogP contribution in [-0.2, 0) is 6.54 Å². The molecule has 0 saturated carbocycles. The molecule has 30 heavy (non-hydrogen) atoms. The maximum Gasteiger partial charge on any atom is 0.387 e. The molecule has 0 spiro atoms. The number of nitrogens with one attached hydrogen (secondary N) is 2. The highest BCUT2D eigenvalue weighted by atomic mass is 19.3. The van der Waals surface area contributed by atoms with Crippen LogP contribution >= 0.6 is 0 Å². The van der Waals surface area contributed by atoms with Gasteiger partial charge in [0.25, 0.3) is 0 Å². The predicted octanol–water partition coefficient (Wildman–Crippen LogP) is 3.73. The van der Waals surface area contributed by atoms with Crippen molar-refractivity contribution in [1.29, 1.82) is 0 Å². The van der Waals surface area contributed by atoms with Crippen LogP contribution in [0.15, 0.2) is 39.8 Å². The van der Waals surface area contributed by atoms with Crippen LogP contribution in [-0.4, -0.2) is 43.4 Å². The van der Waals surface area contributed by atoms with Crippen molar-refractivity contribution in [3.8, 4) is 5.75 Å². The quantitative estimate of drug-likeness (QED) is 0.500. The number of ether oxygens (including phenoxy) is 1. The van der Waals surface area contributed by atoms with E-state index in [9.17, 15) is 8.78 Å². The number of hydrogen-bond acceptors (Lipinski definition) is 5. The molecular weight excluding hydrogens is 392 g/mol. The minimum atomic E-state index is -2.84. The molecule has 164 valence electrons. The van der Waals surface area contributed by atoms with Gasteiger partial charge in [-0.2, -0.15) is 8.78 Å². The van der Waals surface area contributed by atoms with Gasteiger partial charge in [0, 0.05) is 31.7 Å². The molecule has 1 atom stereocenters. The van der Waals surface area contributed by atoms with Crippen LogP contribution in [0.1, 0.15) is 44.6 Å². The van der Waals surface area contributed by atoms with E-state index in [0.717, 1.165) is 25.2 Å². The number of guanidine groups is 1. The van der Waals surface area contributed by atoms with Crippen molar-refractivity contribution in [2.24, 2.45) is 4.99 Å². The largest absolute Gasteiger partial charge is 0.433 e. The SMILES string of the molecule is CCNC(=NCc1cc(C(C)C)no1)NC1CCN(c2ccccc2OC(F)F)C1. The zero-order valence-electron chi connectivity index (χ0n) is 17.6. The van der Waals surface area contributed by atoms with Crippen molar-refractivity contribution in [1.82, 2.24) is 15.8 Å². The van der Waals surface area contributed by atoms with E-state index in [1.54, 1.807) is 18.2 Å². The zero-order chi connectivity index (χ0) is 21.5. The highest BCUT2D eigenvalue weighted by molar-refractivity contribution is 5.80. The Bertz CT molecular complexity index is 840. The summed E-state index contributed by atoms with van der Waals surface area (Å²) in [5.74, 6) is 1.89. The Morgan fingerprint density at radius 1 is 1.37 bits per heavy atom. The Labute approximate surface area is 175 Å². The number of alkyl halides is 2. The van der Waals surface area contributed by atoms with Gasteiger partial charge in [-0.25, -0.2) is 4.99 Å². The molecule has 0 amide bonds. The third-order valence-corrected chi connectivity index (χ3v) is 4.86. The number of benzene rings is 1. The van der Waals surface area contributed by atoms with E-state index in [4.69, 9.17) is 4.52 Å².